The van der Waals surface area contributed by atoms with Crippen molar-refractivity contribution in [1.29, 1.82) is 0 Å². The Labute approximate surface area is 115 Å². The van der Waals surface area contributed by atoms with Crippen LogP contribution in [-0.4, -0.2) is 56.8 Å². The van der Waals surface area contributed by atoms with Crippen LogP contribution in [0.4, 0.5) is 0 Å². The van der Waals surface area contributed by atoms with Crippen molar-refractivity contribution in [1.82, 2.24) is 8.61 Å². The number of esters is 1. The molecule has 1 aliphatic rings. The summed E-state index contributed by atoms with van der Waals surface area (Å²) in [7, 11) is -0.542. The summed E-state index contributed by atoms with van der Waals surface area (Å²) >= 11 is 0. The van der Waals surface area contributed by atoms with E-state index in [1.54, 1.807) is 7.05 Å². The fourth-order valence-electron chi connectivity index (χ4n) is 2.26. The van der Waals surface area contributed by atoms with Gasteiger partial charge in [-0.3, -0.25) is 4.79 Å². The predicted octanol–water partition coefficient (Wildman–Crippen LogP) is 0.704. The average Bonchev–Trinajstić information content (AvgIpc) is 2.77. The summed E-state index contributed by atoms with van der Waals surface area (Å²) in [4.78, 5) is 11.6. The molecule has 19 heavy (non-hydrogen) atoms. The van der Waals surface area contributed by atoms with E-state index in [4.69, 9.17) is 4.74 Å². The summed E-state index contributed by atoms with van der Waals surface area (Å²) in [5.74, 6) is -0.706. The van der Waals surface area contributed by atoms with Crippen LogP contribution in [0.25, 0.3) is 0 Å². The van der Waals surface area contributed by atoms with Gasteiger partial charge in [0.1, 0.15) is 0 Å². The molecular weight excluding hydrogens is 268 g/mol. The maximum atomic E-state index is 12.3. The van der Waals surface area contributed by atoms with Crippen molar-refractivity contribution < 1.29 is 17.9 Å². The maximum Gasteiger partial charge on any atom is 0.310 e. The number of nitrogens with zero attached hydrogens (tertiary/aromatic N) is 2. The number of unbranched alkanes of at least 4 members (excludes halogenated alkanes) is 1. The average molecular weight is 292 g/mol. The van der Waals surface area contributed by atoms with Gasteiger partial charge in [0.2, 0.25) is 0 Å². The number of hydrogen-bond acceptors (Lipinski definition) is 4. The largest absolute Gasteiger partial charge is 0.469 e. The maximum absolute atomic E-state index is 12.3. The van der Waals surface area contributed by atoms with Crippen LogP contribution in [0.3, 0.4) is 0 Å². The number of carbonyl (C=O) groups is 1. The van der Waals surface area contributed by atoms with Crippen LogP contribution in [0.2, 0.25) is 0 Å². The Balaban J connectivity index is 2.74. The zero-order valence-corrected chi connectivity index (χ0v) is 12.9. The smallest absolute Gasteiger partial charge is 0.310 e. The Hall–Kier alpha value is -0.660. The first-order valence-electron chi connectivity index (χ1n) is 6.63. The number of hydrogen-bond donors (Lipinski definition) is 0. The Morgan fingerprint density at radius 2 is 2.05 bits per heavy atom. The first-order valence-corrected chi connectivity index (χ1v) is 8.03. The van der Waals surface area contributed by atoms with E-state index in [0.717, 1.165) is 12.8 Å². The second kappa shape index (κ2) is 6.67. The molecule has 0 aromatic rings. The second-order valence-electron chi connectivity index (χ2n) is 5.11. The molecule has 1 fully saturated rings. The van der Waals surface area contributed by atoms with Crippen molar-refractivity contribution in [2.45, 2.75) is 26.7 Å². The minimum atomic E-state index is -3.46. The normalized spacial score (nSPS) is 24.9. The highest BCUT2D eigenvalue weighted by atomic mass is 32.2. The van der Waals surface area contributed by atoms with Crippen LogP contribution in [-0.2, 0) is 19.7 Å². The van der Waals surface area contributed by atoms with E-state index >= 15 is 0 Å². The molecule has 0 aromatic carbocycles. The van der Waals surface area contributed by atoms with E-state index in [1.807, 2.05) is 13.8 Å². The van der Waals surface area contributed by atoms with Gasteiger partial charge in [-0.05, 0) is 12.3 Å². The zero-order valence-electron chi connectivity index (χ0n) is 12.1. The van der Waals surface area contributed by atoms with Crippen molar-refractivity contribution in [2.75, 3.05) is 33.8 Å². The SMILES string of the molecule is CCCCN(C)S(=O)(=O)N1CC(C)C(C(=O)OC)C1. The third-order valence-corrected chi connectivity index (χ3v) is 5.55. The lowest BCUT2D eigenvalue weighted by Crippen LogP contribution is -2.41. The molecule has 112 valence electrons. The minimum Gasteiger partial charge on any atom is -0.469 e. The van der Waals surface area contributed by atoms with Crippen molar-refractivity contribution in [3.8, 4) is 0 Å². The van der Waals surface area contributed by atoms with Crippen LogP contribution >= 0.6 is 0 Å². The lowest BCUT2D eigenvalue weighted by Gasteiger charge is -2.23. The lowest BCUT2D eigenvalue weighted by atomic mass is 9.99. The third kappa shape index (κ3) is 3.67. The van der Waals surface area contributed by atoms with E-state index in [0.29, 0.717) is 13.1 Å². The standard InChI is InChI=1S/C12H24N2O4S/c1-5-6-7-13(3)19(16,17)14-8-10(2)11(9-14)12(15)18-4/h10-11H,5-9H2,1-4H3. The highest BCUT2D eigenvalue weighted by Crippen LogP contribution is 2.27. The molecule has 1 heterocycles. The van der Waals surface area contributed by atoms with E-state index in [9.17, 15) is 13.2 Å². The van der Waals surface area contributed by atoms with Crippen molar-refractivity contribution in [3.63, 3.8) is 0 Å². The van der Waals surface area contributed by atoms with E-state index < -0.39 is 10.2 Å². The third-order valence-electron chi connectivity index (χ3n) is 3.63. The molecule has 6 nitrogen and oxygen atoms in total. The van der Waals surface area contributed by atoms with Gasteiger partial charge in [-0.25, -0.2) is 0 Å². The van der Waals surface area contributed by atoms with Gasteiger partial charge < -0.3 is 4.74 Å². The summed E-state index contributed by atoms with van der Waals surface area (Å²) < 4.78 is 32.1. The molecular formula is C12H24N2O4S. The molecule has 0 radical (unpaired) electrons. The van der Waals surface area contributed by atoms with Gasteiger partial charge in [0.25, 0.3) is 10.2 Å². The molecule has 1 rings (SSSR count). The number of ether oxygens (including phenoxy) is 1. The summed E-state index contributed by atoms with van der Waals surface area (Å²) in [6, 6.07) is 0. The summed E-state index contributed by atoms with van der Waals surface area (Å²) in [5, 5.41) is 0. The lowest BCUT2D eigenvalue weighted by molar-refractivity contribution is -0.145. The predicted molar refractivity (Wildman–Crippen MR) is 72.7 cm³/mol. The molecule has 0 aliphatic carbocycles. The van der Waals surface area contributed by atoms with Gasteiger partial charge in [-0.15, -0.1) is 0 Å². The highest BCUT2D eigenvalue weighted by Gasteiger charge is 2.41. The van der Waals surface area contributed by atoms with Gasteiger partial charge in [-0.2, -0.15) is 17.0 Å². The number of carbonyl (C=O) groups excluding carboxylic acids is 1. The summed E-state index contributed by atoms with van der Waals surface area (Å²) in [5.41, 5.74) is 0. The molecule has 1 saturated heterocycles. The Kier molecular flexibility index (Phi) is 5.76. The fraction of sp³-hybridized carbons (Fsp3) is 0.917. The van der Waals surface area contributed by atoms with Crippen LogP contribution in [0.1, 0.15) is 26.7 Å². The van der Waals surface area contributed by atoms with E-state index in [2.05, 4.69) is 0 Å². The summed E-state index contributed by atoms with van der Waals surface area (Å²) in [6.07, 6.45) is 1.78. The van der Waals surface area contributed by atoms with E-state index in [1.165, 1.54) is 15.7 Å². The number of methoxy groups -OCH3 is 1. The van der Waals surface area contributed by atoms with Crippen LogP contribution < -0.4 is 0 Å². The van der Waals surface area contributed by atoms with Gasteiger partial charge in [-0.1, -0.05) is 20.3 Å². The van der Waals surface area contributed by atoms with Crippen LogP contribution in [0, 0.1) is 11.8 Å². The second-order valence-corrected chi connectivity index (χ2v) is 7.14. The molecule has 0 amide bonds. The van der Waals surface area contributed by atoms with Crippen molar-refractivity contribution in [3.05, 3.63) is 0 Å². The zero-order chi connectivity index (χ0) is 14.6. The molecule has 0 spiro atoms. The molecule has 0 aromatic heterocycles. The molecule has 2 atom stereocenters. The van der Waals surface area contributed by atoms with Gasteiger partial charge >= 0.3 is 5.97 Å². The Bertz CT molecular complexity index is 410. The van der Waals surface area contributed by atoms with Crippen molar-refractivity contribution in [2.24, 2.45) is 11.8 Å². The Morgan fingerprint density at radius 1 is 1.42 bits per heavy atom. The van der Waals surface area contributed by atoms with Crippen molar-refractivity contribution >= 4 is 16.2 Å². The molecule has 1 aliphatic heterocycles. The monoisotopic (exact) mass is 292 g/mol. The topological polar surface area (TPSA) is 66.9 Å². The fourth-order valence-corrected chi connectivity index (χ4v) is 3.79. The Morgan fingerprint density at radius 3 is 2.58 bits per heavy atom. The molecule has 0 saturated carbocycles. The quantitative estimate of drug-likeness (QED) is 0.676. The van der Waals surface area contributed by atoms with E-state index in [-0.39, 0.29) is 24.3 Å². The summed E-state index contributed by atoms with van der Waals surface area (Å²) in [6.45, 7) is 4.99. The van der Waals surface area contributed by atoms with Crippen LogP contribution in [0.5, 0.6) is 0 Å². The minimum absolute atomic E-state index is 0.0122. The van der Waals surface area contributed by atoms with Gasteiger partial charge in [0.15, 0.2) is 0 Å². The first kappa shape index (κ1) is 16.4. The molecule has 0 N–H and O–H groups in total. The molecule has 7 heteroatoms. The highest BCUT2D eigenvalue weighted by molar-refractivity contribution is 7.86. The van der Waals surface area contributed by atoms with Gasteiger partial charge in [0, 0.05) is 26.7 Å². The van der Waals surface area contributed by atoms with Gasteiger partial charge in [0.05, 0.1) is 13.0 Å². The molecule has 0 bridgehead atoms. The van der Waals surface area contributed by atoms with Crippen LogP contribution in [0.15, 0.2) is 0 Å². The number of rotatable bonds is 6. The first-order chi connectivity index (χ1) is 8.84. The molecule has 2 unspecified atom stereocenters.